The van der Waals surface area contributed by atoms with E-state index in [-0.39, 0.29) is 23.8 Å². The number of benzene rings is 1. The lowest BCUT2D eigenvalue weighted by molar-refractivity contribution is -0.134. The fraction of sp³-hybridized carbons (Fsp3) is 0.429. The van der Waals surface area contributed by atoms with Crippen molar-refractivity contribution in [3.8, 4) is 5.75 Å². The monoisotopic (exact) mass is 265 g/mol. The van der Waals surface area contributed by atoms with Crippen LogP contribution in [0.5, 0.6) is 5.75 Å². The second-order valence-corrected chi connectivity index (χ2v) is 4.53. The first-order valence-corrected chi connectivity index (χ1v) is 6.36. The van der Waals surface area contributed by atoms with Crippen molar-refractivity contribution in [3.63, 3.8) is 0 Å². The molecular weight excluding hydrogens is 249 g/mol. The minimum atomic E-state index is -0.503. The summed E-state index contributed by atoms with van der Waals surface area (Å²) in [5.41, 5.74) is 0.117. The van der Waals surface area contributed by atoms with Crippen LogP contribution in [0.15, 0.2) is 18.2 Å². The Bertz CT molecular complexity index is 470. The average molecular weight is 265 g/mol. The van der Waals surface area contributed by atoms with Crippen LogP contribution in [-0.2, 0) is 4.79 Å². The topological polar surface area (TPSA) is 46.6 Å². The van der Waals surface area contributed by atoms with Gasteiger partial charge in [-0.2, -0.15) is 0 Å². The third kappa shape index (κ3) is 3.53. The minimum Gasteiger partial charge on any atom is -0.483 e. The molecule has 1 amide bonds. The second kappa shape index (κ2) is 6.31. The van der Waals surface area contributed by atoms with Gasteiger partial charge >= 0.3 is 0 Å². The van der Waals surface area contributed by atoms with E-state index in [4.69, 9.17) is 4.74 Å². The molecule has 1 aromatic carbocycles. The average Bonchev–Trinajstić information content (AvgIpc) is 2.46. The molecule has 1 aliphatic rings. The highest BCUT2D eigenvalue weighted by Crippen LogP contribution is 2.18. The Morgan fingerprint density at radius 2 is 2.05 bits per heavy atom. The molecule has 4 nitrogen and oxygen atoms in total. The van der Waals surface area contributed by atoms with Gasteiger partial charge < -0.3 is 9.64 Å². The maximum atomic E-state index is 12.9. The van der Waals surface area contributed by atoms with Crippen LogP contribution in [0.1, 0.15) is 29.6 Å². The third-order valence-electron chi connectivity index (χ3n) is 3.16. The molecule has 0 N–H and O–H groups in total. The van der Waals surface area contributed by atoms with Gasteiger partial charge in [0.1, 0.15) is 11.6 Å². The predicted octanol–water partition coefficient (Wildman–Crippen LogP) is 2.03. The Balaban J connectivity index is 1.94. The molecule has 0 radical (unpaired) electrons. The van der Waals surface area contributed by atoms with Crippen molar-refractivity contribution in [1.29, 1.82) is 0 Å². The van der Waals surface area contributed by atoms with Crippen LogP contribution in [0.2, 0.25) is 0 Å². The number of ether oxygens (including phenoxy) is 1. The van der Waals surface area contributed by atoms with Crippen molar-refractivity contribution in [3.05, 3.63) is 29.6 Å². The summed E-state index contributed by atoms with van der Waals surface area (Å²) in [6.07, 6.45) is 3.70. The van der Waals surface area contributed by atoms with Gasteiger partial charge in [0.15, 0.2) is 12.9 Å². The fourth-order valence-electron chi connectivity index (χ4n) is 2.12. The molecule has 0 atom stereocenters. The second-order valence-electron chi connectivity index (χ2n) is 4.53. The molecule has 0 aromatic heterocycles. The predicted molar refractivity (Wildman–Crippen MR) is 67.7 cm³/mol. The highest BCUT2D eigenvalue weighted by molar-refractivity contribution is 5.81. The number of piperidine rings is 1. The fourth-order valence-corrected chi connectivity index (χ4v) is 2.12. The molecule has 0 saturated carbocycles. The van der Waals surface area contributed by atoms with E-state index in [1.807, 2.05) is 0 Å². The van der Waals surface area contributed by atoms with Crippen LogP contribution in [0.4, 0.5) is 4.39 Å². The highest BCUT2D eigenvalue weighted by atomic mass is 19.1. The van der Waals surface area contributed by atoms with E-state index in [0.717, 1.165) is 38.4 Å². The molecule has 19 heavy (non-hydrogen) atoms. The maximum absolute atomic E-state index is 12.9. The summed E-state index contributed by atoms with van der Waals surface area (Å²) >= 11 is 0. The van der Waals surface area contributed by atoms with Crippen molar-refractivity contribution in [2.24, 2.45) is 0 Å². The highest BCUT2D eigenvalue weighted by Gasteiger charge is 2.17. The van der Waals surface area contributed by atoms with E-state index >= 15 is 0 Å². The van der Waals surface area contributed by atoms with Gasteiger partial charge in [-0.15, -0.1) is 0 Å². The van der Waals surface area contributed by atoms with Gasteiger partial charge in [0.25, 0.3) is 5.91 Å². The van der Waals surface area contributed by atoms with Crippen LogP contribution >= 0.6 is 0 Å². The van der Waals surface area contributed by atoms with Crippen molar-refractivity contribution < 1.29 is 18.7 Å². The Hall–Kier alpha value is -1.91. The van der Waals surface area contributed by atoms with Crippen LogP contribution < -0.4 is 4.74 Å². The lowest BCUT2D eigenvalue weighted by atomic mass is 10.1. The molecule has 1 aliphatic heterocycles. The number of likely N-dealkylation sites (tertiary alicyclic amines) is 1. The van der Waals surface area contributed by atoms with Crippen molar-refractivity contribution in [2.45, 2.75) is 19.3 Å². The van der Waals surface area contributed by atoms with Gasteiger partial charge in [-0.25, -0.2) is 4.39 Å². The number of aldehydes is 1. The summed E-state index contributed by atoms with van der Waals surface area (Å²) in [5, 5.41) is 0. The lowest BCUT2D eigenvalue weighted by Gasteiger charge is -2.26. The largest absolute Gasteiger partial charge is 0.483 e. The van der Waals surface area contributed by atoms with E-state index in [9.17, 15) is 14.0 Å². The van der Waals surface area contributed by atoms with E-state index < -0.39 is 5.82 Å². The van der Waals surface area contributed by atoms with Gasteiger partial charge in [-0.3, -0.25) is 9.59 Å². The summed E-state index contributed by atoms with van der Waals surface area (Å²) in [5.74, 6) is -0.362. The first-order valence-electron chi connectivity index (χ1n) is 6.36. The zero-order valence-corrected chi connectivity index (χ0v) is 10.6. The number of halogens is 1. The van der Waals surface area contributed by atoms with Crippen LogP contribution in [-0.4, -0.2) is 36.8 Å². The van der Waals surface area contributed by atoms with Gasteiger partial charge in [0, 0.05) is 13.1 Å². The van der Waals surface area contributed by atoms with E-state index in [1.54, 1.807) is 4.90 Å². The number of carbonyl (C=O) groups excluding carboxylic acids is 2. The maximum Gasteiger partial charge on any atom is 0.260 e. The first-order chi connectivity index (χ1) is 9.20. The summed E-state index contributed by atoms with van der Waals surface area (Å²) < 4.78 is 18.2. The molecule has 0 unspecified atom stereocenters. The number of amides is 1. The molecule has 1 aromatic rings. The normalized spacial score (nSPS) is 15.1. The molecule has 0 bridgehead atoms. The number of carbonyl (C=O) groups is 2. The summed E-state index contributed by atoms with van der Waals surface area (Å²) in [6, 6.07) is 3.66. The number of hydrogen-bond acceptors (Lipinski definition) is 3. The van der Waals surface area contributed by atoms with E-state index in [0.29, 0.717) is 6.29 Å². The van der Waals surface area contributed by atoms with Crippen LogP contribution in [0.25, 0.3) is 0 Å². The molecule has 1 heterocycles. The lowest BCUT2D eigenvalue weighted by Crippen LogP contribution is -2.38. The summed E-state index contributed by atoms with van der Waals surface area (Å²) in [4.78, 5) is 24.4. The van der Waals surface area contributed by atoms with Gasteiger partial charge in [-0.05, 0) is 37.5 Å². The molecule has 5 heteroatoms. The third-order valence-corrected chi connectivity index (χ3v) is 3.16. The smallest absolute Gasteiger partial charge is 0.260 e. The quantitative estimate of drug-likeness (QED) is 0.782. The van der Waals surface area contributed by atoms with Gasteiger partial charge in [0.05, 0.1) is 5.56 Å². The van der Waals surface area contributed by atoms with Crippen LogP contribution in [0.3, 0.4) is 0 Å². The Morgan fingerprint density at radius 3 is 2.74 bits per heavy atom. The van der Waals surface area contributed by atoms with Crippen LogP contribution in [0, 0.1) is 5.82 Å². The number of rotatable bonds is 4. The summed E-state index contributed by atoms with van der Waals surface area (Å²) in [7, 11) is 0. The molecule has 1 saturated heterocycles. The standard InChI is InChI=1S/C14H16FNO3/c15-12-4-5-13(11(8-12)9-17)19-10-14(18)16-6-2-1-3-7-16/h4-5,8-9H,1-3,6-7,10H2. The van der Waals surface area contributed by atoms with Crippen molar-refractivity contribution >= 4 is 12.2 Å². The molecule has 102 valence electrons. The number of nitrogens with zero attached hydrogens (tertiary/aromatic N) is 1. The van der Waals surface area contributed by atoms with Gasteiger partial charge in [-0.1, -0.05) is 0 Å². The Labute approximate surface area is 111 Å². The number of hydrogen-bond donors (Lipinski definition) is 0. The van der Waals surface area contributed by atoms with E-state index in [1.165, 1.54) is 12.1 Å². The minimum absolute atomic E-state index is 0.0964. The van der Waals surface area contributed by atoms with Crippen molar-refractivity contribution in [2.75, 3.05) is 19.7 Å². The van der Waals surface area contributed by atoms with Gasteiger partial charge in [0.2, 0.25) is 0 Å². The molecule has 2 rings (SSSR count). The Kier molecular flexibility index (Phi) is 4.49. The molecular formula is C14H16FNO3. The zero-order chi connectivity index (χ0) is 13.7. The first kappa shape index (κ1) is 13.5. The molecule has 0 spiro atoms. The zero-order valence-electron chi connectivity index (χ0n) is 10.6. The summed E-state index contributed by atoms with van der Waals surface area (Å²) in [6.45, 7) is 1.39. The molecule has 1 fully saturated rings. The SMILES string of the molecule is O=Cc1cc(F)ccc1OCC(=O)N1CCCCC1. The van der Waals surface area contributed by atoms with E-state index in [2.05, 4.69) is 0 Å². The molecule has 0 aliphatic carbocycles. The van der Waals surface area contributed by atoms with Crippen molar-refractivity contribution in [1.82, 2.24) is 4.90 Å². The Morgan fingerprint density at radius 1 is 1.32 bits per heavy atom.